The number of carbonyl (C=O) groups excluding carboxylic acids is 1. The van der Waals surface area contributed by atoms with Gasteiger partial charge in [-0.05, 0) is 30.5 Å². The maximum absolute atomic E-state index is 11.6. The van der Waals surface area contributed by atoms with E-state index in [1.807, 2.05) is 12.1 Å². The zero-order valence-corrected chi connectivity index (χ0v) is 21.1. The van der Waals surface area contributed by atoms with Crippen LogP contribution in [-0.2, 0) is 10.2 Å². The van der Waals surface area contributed by atoms with Crippen LogP contribution in [0.4, 0.5) is 4.79 Å². The predicted molar refractivity (Wildman–Crippen MR) is 129 cm³/mol. The molecule has 0 unspecified atom stereocenters. The number of hydrogen-bond donors (Lipinski definition) is 2. The number of nitrogens with zero attached hydrogens (tertiary/aromatic N) is 2. The van der Waals surface area contributed by atoms with Crippen molar-refractivity contribution in [2.45, 2.75) is 38.1 Å². The molecule has 2 N–H and O–H groups in total. The molecule has 1 aromatic rings. The monoisotopic (exact) mass is 534 g/mol. The number of carbonyl (C=O) groups is 1. The summed E-state index contributed by atoms with van der Waals surface area (Å²) >= 11 is 0. The average Bonchev–Trinajstić information content (AvgIpc) is 2.75. The Kier molecular flexibility index (Phi) is 10.5. The Morgan fingerprint density at radius 1 is 1.17 bits per heavy atom. The number of benzene rings is 1. The van der Waals surface area contributed by atoms with Crippen LogP contribution in [0.15, 0.2) is 23.2 Å². The summed E-state index contributed by atoms with van der Waals surface area (Å²) in [5, 5.41) is 6.89. The lowest BCUT2D eigenvalue weighted by atomic mass is 9.84. The molecule has 1 aliphatic rings. The lowest BCUT2D eigenvalue weighted by Crippen LogP contribution is -2.51. The van der Waals surface area contributed by atoms with Crippen LogP contribution in [-0.4, -0.2) is 71.0 Å². The molecule has 8 nitrogen and oxygen atoms in total. The van der Waals surface area contributed by atoms with Crippen molar-refractivity contribution in [1.82, 2.24) is 15.5 Å². The van der Waals surface area contributed by atoms with E-state index in [2.05, 4.69) is 35.5 Å². The summed E-state index contributed by atoms with van der Waals surface area (Å²) in [6, 6.07) is 6.27. The van der Waals surface area contributed by atoms with Crippen LogP contribution in [0, 0.1) is 0 Å². The van der Waals surface area contributed by atoms with E-state index in [0.717, 1.165) is 35.9 Å². The second-order valence-corrected chi connectivity index (χ2v) is 7.76. The van der Waals surface area contributed by atoms with E-state index in [1.54, 1.807) is 26.2 Å². The molecule has 2 rings (SSSR count). The Morgan fingerprint density at radius 2 is 1.80 bits per heavy atom. The Bertz CT molecular complexity index is 719. The largest absolute Gasteiger partial charge is 0.493 e. The van der Waals surface area contributed by atoms with Crippen LogP contribution >= 0.6 is 24.0 Å². The maximum Gasteiger partial charge on any atom is 0.409 e. The number of likely N-dealkylation sites (tertiary alicyclic amines) is 1. The molecule has 9 heteroatoms. The molecule has 0 atom stereocenters. The molecule has 1 saturated heterocycles. The van der Waals surface area contributed by atoms with E-state index >= 15 is 0 Å². The summed E-state index contributed by atoms with van der Waals surface area (Å²) in [4.78, 5) is 17.7. The second kappa shape index (κ2) is 12.1. The molecule has 1 aliphatic heterocycles. The van der Waals surface area contributed by atoms with Gasteiger partial charge < -0.3 is 29.7 Å². The smallest absolute Gasteiger partial charge is 0.409 e. The molecule has 1 fully saturated rings. The third-order valence-electron chi connectivity index (χ3n) is 5.36. The molecule has 0 bridgehead atoms. The highest BCUT2D eigenvalue weighted by Crippen LogP contribution is 2.32. The van der Waals surface area contributed by atoms with Gasteiger partial charge in [-0.3, -0.25) is 4.99 Å². The number of piperidine rings is 1. The van der Waals surface area contributed by atoms with E-state index in [1.165, 1.54) is 7.11 Å². The molecule has 0 saturated carbocycles. The first-order valence-electron chi connectivity index (χ1n) is 9.87. The van der Waals surface area contributed by atoms with Gasteiger partial charge in [0.15, 0.2) is 17.5 Å². The highest BCUT2D eigenvalue weighted by Gasteiger charge is 2.25. The van der Waals surface area contributed by atoms with Gasteiger partial charge in [-0.25, -0.2) is 4.79 Å². The van der Waals surface area contributed by atoms with Gasteiger partial charge >= 0.3 is 6.09 Å². The summed E-state index contributed by atoms with van der Waals surface area (Å²) in [5.74, 6) is 2.20. The van der Waals surface area contributed by atoms with Crippen molar-refractivity contribution < 1.29 is 19.0 Å². The fraction of sp³-hybridized carbons (Fsp3) is 0.619. The Morgan fingerprint density at radius 3 is 2.33 bits per heavy atom. The molecule has 0 radical (unpaired) electrons. The van der Waals surface area contributed by atoms with Gasteiger partial charge in [0, 0.05) is 38.1 Å². The topological polar surface area (TPSA) is 84.4 Å². The average molecular weight is 534 g/mol. The first-order valence-corrected chi connectivity index (χ1v) is 9.87. The summed E-state index contributed by atoms with van der Waals surface area (Å²) in [6.45, 7) is 6.40. The van der Waals surface area contributed by atoms with E-state index < -0.39 is 0 Å². The third kappa shape index (κ3) is 6.82. The van der Waals surface area contributed by atoms with Crippen LogP contribution in [0.2, 0.25) is 0 Å². The molecule has 0 spiro atoms. The number of hydrogen-bond acceptors (Lipinski definition) is 5. The number of methoxy groups -OCH3 is 3. The van der Waals surface area contributed by atoms with Crippen molar-refractivity contribution in [2.75, 3.05) is 48.0 Å². The predicted octanol–water partition coefficient (Wildman–Crippen LogP) is 3.00. The van der Waals surface area contributed by atoms with Crippen molar-refractivity contribution in [1.29, 1.82) is 0 Å². The molecule has 1 heterocycles. The van der Waals surface area contributed by atoms with Gasteiger partial charge in [-0.15, -0.1) is 24.0 Å². The van der Waals surface area contributed by atoms with Crippen LogP contribution < -0.4 is 20.1 Å². The third-order valence-corrected chi connectivity index (χ3v) is 5.36. The van der Waals surface area contributed by atoms with Crippen LogP contribution in [0.25, 0.3) is 0 Å². The van der Waals surface area contributed by atoms with Gasteiger partial charge in [0.25, 0.3) is 0 Å². The number of amides is 1. The fourth-order valence-electron chi connectivity index (χ4n) is 3.39. The zero-order valence-electron chi connectivity index (χ0n) is 18.8. The second-order valence-electron chi connectivity index (χ2n) is 7.76. The summed E-state index contributed by atoms with van der Waals surface area (Å²) in [7, 11) is 6.46. The molecular weight excluding hydrogens is 499 g/mol. The SMILES string of the molecule is CN=C(NCC(C)(C)c1ccc(OC)c(OC)c1)NC1CCN(C(=O)OC)CC1.I. The van der Waals surface area contributed by atoms with Crippen molar-refractivity contribution in [3.63, 3.8) is 0 Å². The van der Waals surface area contributed by atoms with Crippen LogP contribution in [0.1, 0.15) is 32.3 Å². The minimum Gasteiger partial charge on any atom is -0.493 e. The summed E-state index contributed by atoms with van der Waals surface area (Å²) in [5.41, 5.74) is 0.996. The molecule has 170 valence electrons. The number of guanidine groups is 1. The zero-order chi connectivity index (χ0) is 21.4. The highest BCUT2D eigenvalue weighted by molar-refractivity contribution is 14.0. The Balaban J connectivity index is 0.00000450. The minimum atomic E-state index is -0.261. The van der Waals surface area contributed by atoms with Crippen LogP contribution in [0.5, 0.6) is 11.5 Å². The standard InChI is InChI=1S/C21H34N4O4.HI/c1-21(2,15-7-8-17(27-4)18(13-15)28-5)14-23-19(22-3)24-16-9-11-25(12-10-16)20(26)29-6;/h7-8,13,16H,9-12,14H2,1-6H3,(H2,22,23,24);1H. The Hall–Kier alpha value is -1.91. The highest BCUT2D eigenvalue weighted by atomic mass is 127. The molecule has 30 heavy (non-hydrogen) atoms. The van der Waals surface area contributed by atoms with Gasteiger partial charge in [-0.1, -0.05) is 19.9 Å². The number of ether oxygens (including phenoxy) is 3. The van der Waals surface area contributed by atoms with Crippen LogP contribution in [0.3, 0.4) is 0 Å². The quantitative estimate of drug-likeness (QED) is 0.332. The van der Waals surface area contributed by atoms with E-state index in [0.29, 0.717) is 19.6 Å². The van der Waals surface area contributed by atoms with Gasteiger partial charge in [-0.2, -0.15) is 0 Å². The Labute approximate surface area is 196 Å². The minimum absolute atomic E-state index is 0. The summed E-state index contributed by atoms with van der Waals surface area (Å²) in [6.07, 6.45) is 1.45. The molecule has 0 aliphatic carbocycles. The number of aliphatic imine (C=N–C) groups is 1. The molecule has 1 amide bonds. The number of nitrogens with one attached hydrogen (secondary N) is 2. The van der Waals surface area contributed by atoms with Gasteiger partial charge in [0.2, 0.25) is 0 Å². The molecule has 0 aromatic heterocycles. The van der Waals surface area contributed by atoms with Crippen molar-refractivity contribution in [2.24, 2.45) is 4.99 Å². The maximum atomic E-state index is 11.6. The first kappa shape index (κ1) is 26.1. The molecule has 1 aromatic carbocycles. The first-order chi connectivity index (χ1) is 13.8. The lowest BCUT2D eigenvalue weighted by Gasteiger charge is -2.33. The number of halogens is 1. The van der Waals surface area contributed by atoms with E-state index in [9.17, 15) is 4.79 Å². The lowest BCUT2D eigenvalue weighted by molar-refractivity contribution is 0.111. The van der Waals surface area contributed by atoms with Gasteiger partial charge in [0.1, 0.15) is 0 Å². The van der Waals surface area contributed by atoms with E-state index in [-0.39, 0.29) is 41.5 Å². The number of rotatable bonds is 6. The fourth-order valence-corrected chi connectivity index (χ4v) is 3.39. The summed E-state index contributed by atoms with van der Waals surface area (Å²) < 4.78 is 15.6. The normalized spacial score (nSPS) is 15.1. The van der Waals surface area contributed by atoms with Crippen molar-refractivity contribution in [3.05, 3.63) is 23.8 Å². The van der Waals surface area contributed by atoms with Gasteiger partial charge in [0.05, 0.1) is 21.3 Å². The van der Waals surface area contributed by atoms with E-state index in [4.69, 9.17) is 14.2 Å². The van der Waals surface area contributed by atoms with Crippen molar-refractivity contribution in [3.8, 4) is 11.5 Å². The van der Waals surface area contributed by atoms with Crippen molar-refractivity contribution >= 4 is 36.0 Å². The molecular formula is C21H35IN4O4.